The number of aromatic hydroxyl groups is 1. The molecule has 3 aromatic carbocycles. The van der Waals surface area contributed by atoms with Crippen LogP contribution >= 0.6 is 0 Å². The number of nitrogens with two attached hydrogens (primary N) is 1. The van der Waals surface area contributed by atoms with Crippen molar-refractivity contribution in [3.63, 3.8) is 0 Å². The monoisotopic (exact) mass is 598 g/mol. The highest BCUT2D eigenvalue weighted by Crippen LogP contribution is 2.53. The Morgan fingerprint density at radius 2 is 1.64 bits per heavy atom. The second kappa shape index (κ2) is 10.2. The van der Waals surface area contributed by atoms with Crippen molar-refractivity contribution in [2.45, 2.75) is 24.5 Å². The fourth-order valence-corrected chi connectivity index (χ4v) is 6.93. The molecule has 1 fully saturated rings. The Morgan fingerprint density at radius 3 is 2.34 bits per heavy atom. The van der Waals surface area contributed by atoms with Crippen molar-refractivity contribution < 1.29 is 39.6 Å². The van der Waals surface area contributed by atoms with Gasteiger partial charge in [0.2, 0.25) is 5.78 Å². The second-order valence-electron chi connectivity index (χ2n) is 11.6. The van der Waals surface area contributed by atoms with Gasteiger partial charge in [0.05, 0.1) is 23.0 Å². The lowest BCUT2D eigenvalue weighted by Crippen LogP contribution is -2.65. The molecule has 4 unspecified atom stereocenters. The Bertz CT molecular complexity index is 1860. The zero-order chi connectivity index (χ0) is 31.7. The number of carbonyl (C=O) groups excluding carboxylic acids is 4. The van der Waals surface area contributed by atoms with E-state index in [4.69, 9.17) is 5.73 Å². The molecule has 1 saturated carbocycles. The SMILES string of the molecule is CN(C)C1C(=O)C(C(N)=O)=C(O)C2(O)C(=O)C3=C(O)c4c(ccc(NC(=O)Nc5cccc6ccccc56)c4O)CC3CC12. The number of phenols is 1. The number of nitrogens with zero attached hydrogens (tertiary/aromatic N) is 1. The van der Waals surface area contributed by atoms with E-state index < -0.39 is 69.8 Å². The molecule has 3 aliphatic rings. The maximum atomic E-state index is 14.0. The van der Waals surface area contributed by atoms with Crippen LogP contribution < -0.4 is 16.4 Å². The first-order chi connectivity index (χ1) is 20.9. The number of Topliss-reactive ketones (excluding diaryl/α,β-unsaturated/α-hetero) is 2. The number of anilines is 2. The molecule has 6 rings (SSSR count). The Hall–Kier alpha value is -5.20. The largest absolute Gasteiger partial charge is 0.508 e. The lowest BCUT2D eigenvalue weighted by atomic mass is 9.57. The first kappa shape index (κ1) is 28.9. The van der Waals surface area contributed by atoms with Crippen LogP contribution in [0.15, 0.2) is 71.5 Å². The van der Waals surface area contributed by atoms with Gasteiger partial charge in [-0.15, -0.1) is 0 Å². The zero-order valence-electron chi connectivity index (χ0n) is 23.8. The van der Waals surface area contributed by atoms with Crippen LogP contribution in [0.1, 0.15) is 17.5 Å². The second-order valence-corrected chi connectivity index (χ2v) is 11.6. The summed E-state index contributed by atoms with van der Waals surface area (Å²) >= 11 is 0. The molecule has 12 nitrogen and oxygen atoms in total. The van der Waals surface area contributed by atoms with E-state index in [1.165, 1.54) is 25.1 Å². The number of hydrogen-bond acceptors (Lipinski definition) is 9. The maximum Gasteiger partial charge on any atom is 0.323 e. The normalized spacial score (nSPS) is 24.6. The summed E-state index contributed by atoms with van der Waals surface area (Å²) < 4.78 is 0. The molecular formula is C32H30N4O8. The number of likely N-dealkylation sites (N-methyl/N-ethyl adjacent to an activating group) is 1. The van der Waals surface area contributed by atoms with Crippen LogP contribution in [0.3, 0.4) is 0 Å². The van der Waals surface area contributed by atoms with Gasteiger partial charge in [-0.2, -0.15) is 0 Å². The van der Waals surface area contributed by atoms with E-state index in [0.29, 0.717) is 11.3 Å². The summed E-state index contributed by atoms with van der Waals surface area (Å²) in [5.41, 5.74) is 2.31. The molecule has 44 heavy (non-hydrogen) atoms. The molecule has 0 saturated heterocycles. The van der Waals surface area contributed by atoms with Crippen LogP contribution in [-0.4, -0.2) is 74.6 Å². The quantitative estimate of drug-likeness (QED) is 0.174. The van der Waals surface area contributed by atoms with Gasteiger partial charge in [-0.25, -0.2) is 4.79 Å². The smallest absolute Gasteiger partial charge is 0.323 e. The van der Waals surface area contributed by atoms with E-state index >= 15 is 0 Å². The van der Waals surface area contributed by atoms with E-state index in [1.54, 1.807) is 18.2 Å². The van der Waals surface area contributed by atoms with Crippen molar-refractivity contribution >= 4 is 51.4 Å². The number of amides is 3. The van der Waals surface area contributed by atoms with E-state index in [-0.39, 0.29) is 29.7 Å². The van der Waals surface area contributed by atoms with E-state index in [9.17, 15) is 39.6 Å². The van der Waals surface area contributed by atoms with E-state index in [0.717, 1.165) is 10.8 Å². The van der Waals surface area contributed by atoms with Gasteiger partial charge >= 0.3 is 6.03 Å². The molecular weight excluding hydrogens is 568 g/mol. The minimum atomic E-state index is -2.73. The number of aliphatic hydroxyl groups is 3. The summed E-state index contributed by atoms with van der Waals surface area (Å²) in [6.45, 7) is 0. The van der Waals surface area contributed by atoms with Gasteiger partial charge in [-0.1, -0.05) is 42.5 Å². The number of phenolic OH excluding ortho intramolecular Hbond substituents is 1. The first-order valence-corrected chi connectivity index (χ1v) is 13.9. The standard InChI is InChI=1S/C32H30N4O8/c1-36(2)24-18-13-16-12-15-10-11-20(35-31(43)34-19-9-5-7-14-6-3-4-8-17(14)19)25(37)21(15)26(38)22(16)28(40)32(18,44)29(41)23(27(24)39)30(33)42/h3-11,16,18,24,37-38,41,44H,12-13H2,1-2H3,(H2,33,42)(H2,34,35,43). The average molecular weight is 599 g/mol. The third-order valence-corrected chi connectivity index (χ3v) is 8.88. The molecule has 226 valence electrons. The molecule has 8 N–H and O–H groups in total. The van der Waals surface area contributed by atoms with Crippen molar-refractivity contribution in [3.8, 4) is 5.75 Å². The van der Waals surface area contributed by atoms with Gasteiger partial charge < -0.3 is 36.8 Å². The minimum Gasteiger partial charge on any atom is -0.508 e. The summed E-state index contributed by atoms with van der Waals surface area (Å²) in [4.78, 5) is 53.7. The van der Waals surface area contributed by atoms with E-state index in [1.807, 2.05) is 30.3 Å². The number of rotatable bonds is 4. The molecule has 3 amide bonds. The molecule has 0 aromatic heterocycles. The molecule has 0 radical (unpaired) electrons. The molecule has 4 atom stereocenters. The number of hydrogen-bond donors (Lipinski definition) is 7. The number of aliphatic hydroxyl groups excluding tert-OH is 2. The topological polar surface area (TPSA) is 203 Å². The lowest BCUT2D eigenvalue weighted by Gasteiger charge is -2.50. The summed E-state index contributed by atoms with van der Waals surface area (Å²) in [6.07, 6.45) is 0.130. The summed E-state index contributed by atoms with van der Waals surface area (Å²) in [6, 6.07) is 14.1. The Kier molecular flexibility index (Phi) is 6.71. The Balaban J connectivity index is 1.37. The Morgan fingerprint density at radius 1 is 0.955 bits per heavy atom. The van der Waals surface area contributed by atoms with Crippen molar-refractivity contribution in [3.05, 3.63) is 82.6 Å². The summed E-state index contributed by atoms with van der Waals surface area (Å²) in [5.74, 6) is -7.38. The molecule has 3 aromatic rings. The minimum absolute atomic E-state index is 0.0139. The van der Waals surface area contributed by atoms with Gasteiger partial charge in [0.25, 0.3) is 5.91 Å². The van der Waals surface area contributed by atoms with Crippen LogP contribution in [-0.2, 0) is 20.8 Å². The molecule has 0 aliphatic heterocycles. The molecule has 12 heteroatoms. The van der Waals surface area contributed by atoms with Crippen molar-refractivity contribution in [2.24, 2.45) is 17.6 Å². The zero-order valence-corrected chi connectivity index (χ0v) is 23.8. The molecule has 3 aliphatic carbocycles. The van der Waals surface area contributed by atoms with E-state index in [2.05, 4.69) is 10.6 Å². The fraction of sp³-hybridized carbons (Fsp3) is 0.250. The lowest BCUT2D eigenvalue weighted by molar-refractivity contribution is -0.153. The van der Waals surface area contributed by atoms with Gasteiger partial charge in [-0.3, -0.25) is 19.3 Å². The highest BCUT2D eigenvalue weighted by molar-refractivity contribution is 6.24. The highest BCUT2D eigenvalue weighted by atomic mass is 16.3. The number of primary amides is 1. The predicted molar refractivity (Wildman–Crippen MR) is 161 cm³/mol. The van der Waals surface area contributed by atoms with Gasteiger partial charge in [0.1, 0.15) is 22.8 Å². The third kappa shape index (κ3) is 4.13. The number of benzene rings is 3. The Labute approximate surface area is 251 Å². The summed E-state index contributed by atoms with van der Waals surface area (Å²) in [5, 5.41) is 52.3. The first-order valence-electron chi connectivity index (χ1n) is 13.9. The molecule has 0 bridgehead atoms. The number of carbonyl (C=O) groups is 4. The van der Waals surface area contributed by atoms with Crippen LogP contribution in [0.5, 0.6) is 5.75 Å². The molecule has 0 heterocycles. The van der Waals surface area contributed by atoms with Crippen molar-refractivity contribution in [1.82, 2.24) is 4.90 Å². The number of urea groups is 1. The van der Waals surface area contributed by atoms with Crippen LogP contribution in [0.2, 0.25) is 0 Å². The number of ketones is 2. The van der Waals surface area contributed by atoms with Gasteiger partial charge in [0, 0.05) is 16.9 Å². The maximum absolute atomic E-state index is 14.0. The van der Waals surface area contributed by atoms with Crippen LogP contribution in [0.25, 0.3) is 16.5 Å². The molecule has 0 spiro atoms. The van der Waals surface area contributed by atoms with Crippen molar-refractivity contribution in [2.75, 3.05) is 24.7 Å². The number of fused-ring (bicyclic) bond motifs is 4. The summed E-state index contributed by atoms with van der Waals surface area (Å²) in [7, 11) is 3.08. The predicted octanol–water partition coefficient (Wildman–Crippen LogP) is 2.76. The van der Waals surface area contributed by atoms with Crippen LogP contribution in [0, 0.1) is 11.8 Å². The van der Waals surface area contributed by atoms with Crippen LogP contribution in [0.4, 0.5) is 16.2 Å². The van der Waals surface area contributed by atoms with Gasteiger partial charge in [0.15, 0.2) is 11.4 Å². The van der Waals surface area contributed by atoms with Gasteiger partial charge in [-0.05, 0) is 55.9 Å². The third-order valence-electron chi connectivity index (χ3n) is 8.88. The fourth-order valence-electron chi connectivity index (χ4n) is 6.93. The highest BCUT2D eigenvalue weighted by Gasteiger charge is 2.64. The number of nitrogens with one attached hydrogen (secondary N) is 2. The average Bonchev–Trinajstić information content (AvgIpc) is 2.96. The van der Waals surface area contributed by atoms with Crippen molar-refractivity contribution in [1.29, 1.82) is 0 Å².